The molecule has 0 saturated carbocycles. The molecule has 0 bridgehead atoms. The Kier molecular flexibility index (Phi) is 4.95. The zero-order valence-electron chi connectivity index (χ0n) is 16.2. The van der Waals surface area contributed by atoms with Crippen LogP contribution in [0.3, 0.4) is 0 Å². The van der Waals surface area contributed by atoms with Gasteiger partial charge in [0.15, 0.2) is 0 Å². The quantitative estimate of drug-likeness (QED) is 0.522. The van der Waals surface area contributed by atoms with Crippen molar-refractivity contribution in [1.82, 2.24) is 24.5 Å². The van der Waals surface area contributed by atoms with Crippen molar-refractivity contribution in [2.45, 2.75) is 13.5 Å². The fourth-order valence-electron chi connectivity index (χ4n) is 3.20. The Morgan fingerprint density at radius 3 is 2.52 bits per heavy atom. The van der Waals surface area contributed by atoms with Crippen LogP contribution in [-0.4, -0.2) is 37.4 Å². The third kappa shape index (κ3) is 3.67. The van der Waals surface area contributed by atoms with Gasteiger partial charge in [0, 0.05) is 25.4 Å². The lowest BCUT2D eigenvalue weighted by Gasteiger charge is -2.16. The lowest BCUT2D eigenvalue weighted by atomic mass is 10.2. The zero-order chi connectivity index (χ0) is 20.4. The van der Waals surface area contributed by atoms with Gasteiger partial charge in [0.05, 0.1) is 29.3 Å². The third-order valence-corrected chi connectivity index (χ3v) is 4.74. The second-order valence-corrected chi connectivity index (χ2v) is 6.80. The Labute approximate surface area is 167 Å². The molecule has 0 N–H and O–H groups in total. The molecular formula is C22H20FN5O. The van der Waals surface area contributed by atoms with Crippen molar-refractivity contribution < 1.29 is 9.18 Å². The SMILES string of the molecule is Cc1c(C(=O)N(C)Cc2cnn(-c3ccccc3)c2)cnn1-c1ccccc1F. The number of hydrogen-bond acceptors (Lipinski definition) is 3. The first-order chi connectivity index (χ1) is 14.0. The van der Waals surface area contributed by atoms with E-state index >= 15 is 0 Å². The number of amides is 1. The summed E-state index contributed by atoms with van der Waals surface area (Å²) >= 11 is 0. The third-order valence-electron chi connectivity index (χ3n) is 4.74. The van der Waals surface area contributed by atoms with E-state index in [9.17, 15) is 9.18 Å². The number of aromatic nitrogens is 4. The molecule has 6 nitrogen and oxygen atoms in total. The van der Waals surface area contributed by atoms with E-state index in [-0.39, 0.29) is 11.7 Å². The Morgan fingerprint density at radius 1 is 1.03 bits per heavy atom. The van der Waals surface area contributed by atoms with Crippen LogP contribution in [0.1, 0.15) is 21.6 Å². The minimum absolute atomic E-state index is 0.183. The van der Waals surface area contributed by atoms with Gasteiger partial charge >= 0.3 is 0 Å². The van der Waals surface area contributed by atoms with Crippen molar-refractivity contribution in [2.24, 2.45) is 0 Å². The smallest absolute Gasteiger partial charge is 0.257 e. The summed E-state index contributed by atoms with van der Waals surface area (Å²) in [5, 5.41) is 8.58. The summed E-state index contributed by atoms with van der Waals surface area (Å²) in [4.78, 5) is 14.5. The van der Waals surface area contributed by atoms with Crippen LogP contribution in [0.5, 0.6) is 0 Å². The Hall–Kier alpha value is -3.74. The molecule has 0 aliphatic carbocycles. The molecule has 4 aromatic rings. The first-order valence-electron chi connectivity index (χ1n) is 9.18. The Balaban J connectivity index is 1.52. The maximum absolute atomic E-state index is 14.1. The molecule has 0 fully saturated rings. The average molecular weight is 389 g/mol. The van der Waals surface area contributed by atoms with Crippen LogP contribution in [-0.2, 0) is 6.54 Å². The first-order valence-corrected chi connectivity index (χ1v) is 9.18. The molecule has 0 radical (unpaired) electrons. The number of carbonyl (C=O) groups is 1. The molecule has 0 aliphatic rings. The highest BCUT2D eigenvalue weighted by Gasteiger charge is 2.20. The van der Waals surface area contributed by atoms with E-state index in [1.807, 2.05) is 36.5 Å². The summed E-state index contributed by atoms with van der Waals surface area (Å²) in [5.41, 5.74) is 3.20. The molecule has 0 saturated heterocycles. The van der Waals surface area contributed by atoms with Gasteiger partial charge in [0.25, 0.3) is 5.91 Å². The Morgan fingerprint density at radius 2 is 1.76 bits per heavy atom. The minimum atomic E-state index is -0.389. The lowest BCUT2D eigenvalue weighted by molar-refractivity contribution is 0.0784. The molecule has 0 unspecified atom stereocenters. The van der Waals surface area contributed by atoms with Gasteiger partial charge in [-0.1, -0.05) is 30.3 Å². The molecule has 2 aromatic heterocycles. The second-order valence-electron chi connectivity index (χ2n) is 6.80. The van der Waals surface area contributed by atoms with Crippen LogP contribution >= 0.6 is 0 Å². The molecule has 146 valence electrons. The number of para-hydroxylation sites is 2. The summed E-state index contributed by atoms with van der Waals surface area (Å²) in [7, 11) is 1.72. The van der Waals surface area contributed by atoms with Gasteiger partial charge in [0.2, 0.25) is 0 Å². The van der Waals surface area contributed by atoms with E-state index in [4.69, 9.17) is 0 Å². The number of carbonyl (C=O) groups excluding carboxylic acids is 1. The van der Waals surface area contributed by atoms with Crippen LogP contribution in [0.25, 0.3) is 11.4 Å². The molecule has 2 heterocycles. The topological polar surface area (TPSA) is 56.0 Å². The number of benzene rings is 2. The molecule has 0 aliphatic heterocycles. The molecule has 0 spiro atoms. The molecule has 1 amide bonds. The molecule has 7 heteroatoms. The number of hydrogen-bond donors (Lipinski definition) is 0. The normalized spacial score (nSPS) is 10.9. The zero-order valence-corrected chi connectivity index (χ0v) is 16.2. The standard InChI is InChI=1S/C22H20FN5O/c1-16-19(13-25-28(16)21-11-7-6-10-20(21)23)22(29)26(2)14-17-12-24-27(15-17)18-8-4-3-5-9-18/h3-13,15H,14H2,1-2H3. The van der Waals surface area contributed by atoms with Gasteiger partial charge in [-0.3, -0.25) is 4.79 Å². The summed E-state index contributed by atoms with van der Waals surface area (Å²) in [6.07, 6.45) is 5.12. The van der Waals surface area contributed by atoms with Crippen LogP contribution in [0, 0.1) is 12.7 Å². The summed E-state index contributed by atoms with van der Waals surface area (Å²) in [5.74, 6) is -0.572. The van der Waals surface area contributed by atoms with Crippen LogP contribution in [0.15, 0.2) is 73.2 Å². The number of nitrogens with zero attached hydrogens (tertiary/aromatic N) is 5. The lowest BCUT2D eigenvalue weighted by Crippen LogP contribution is -2.26. The van der Waals surface area contributed by atoms with Gasteiger partial charge in [-0.05, 0) is 31.2 Å². The maximum Gasteiger partial charge on any atom is 0.257 e. The van der Waals surface area contributed by atoms with Crippen molar-refractivity contribution in [3.05, 3.63) is 95.8 Å². The van der Waals surface area contributed by atoms with E-state index in [1.54, 1.807) is 47.9 Å². The maximum atomic E-state index is 14.1. The summed E-state index contributed by atoms with van der Waals surface area (Å²) < 4.78 is 17.3. The predicted octanol–water partition coefficient (Wildman–Crippen LogP) is 3.78. The van der Waals surface area contributed by atoms with Gasteiger partial charge in [-0.25, -0.2) is 13.8 Å². The van der Waals surface area contributed by atoms with Gasteiger partial charge in [0.1, 0.15) is 11.5 Å². The van der Waals surface area contributed by atoms with Gasteiger partial charge < -0.3 is 4.90 Å². The van der Waals surface area contributed by atoms with Crippen LogP contribution < -0.4 is 0 Å². The fraction of sp³-hybridized carbons (Fsp3) is 0.136. The summed E-state index contributed by atoms with van der Waals surface area (Å²) in [6.45, 7) is 2.16. The van der Waals surface area contributed by atoms with E-state index in [0.29, 0.717) is 23.5 Å². The largest absolute Gasteiger partial charge is 0.337 e. The highest BCUT2D eigenvalue weighted by atomic mass is 19.1. The van der Waals surface area contributed by atoms with Crippen molar-refractivity contribution in [3.8, 4) is 11.4 Å². The van der Waals surface area contributed by atoms with Crippen LogP contribution in [0.4, 0.5) is 4.39 Å². The molecule has 4 rings (SSSR count). The van der Waals surface area contributed by atoms with Gasteiger partial charge in [-0.2, -0.15) is 10.2 Å². The molecule has 2 aromatic carbocycles. The van der Waals surface area contributed by atoms with Crippen molar-refractivity contribution in [3.63, 3.8) is 0 Å². The minimum Gasteiger partial charge on any atom is -0.337 e. The fourth-order valence-corrected chi connectivity index (χ4v) is 3.20. The van der Waals surface area contributed by atoms with E-state index < -0.39 is 0 Å². The van der Waals surface area contributed by atoms with Crippen LogP contribution in [0.2, 0.25) is 0 Å². The summed E-state index contributed by atoms with van der Waals surface area (Å²) in [6, 6.07) is 16.1. The predicted molar refractivity (Wildman–Crippen MR) is 108 cm³/mol. The first kappa shape index (κ1) is 18.6. The van der Waals surface area contributed by atoms with E-state index in [1.165, 1.54) is 16.9 Å². The number of halogens is 1. The van der Waals surface area contributed by atoms with Crippen molar-refractivity contribution >= 4 is 5.91 Å². The van der Waals surface area contributed by atoms with Crippen molar-refractivity contribution in [1.29, 1.82) is 0 Å². The monoisotopic (exact) mass is 389 g/mol. The Bertz CT molecular complexity index is 1150. The molecule has 0 atom stereocenters. The average Bonchev–Trinajstić information content (AvgIpc) is 3.35. The highest BCUT2D eigenvalue weighted by molar-refractivity contribution is 5.95. The number of rotatable bonds is 5. The van der Waals surface area contributed by atoms with Crippen molar-refractivity contribution in [2.75, 3.05) is 7.05 Å². The van der Waals surface area contributed by atoms with Gasteiger partial charge in [-0.15, -0.1) is 0 Å². The van der Waals surface area contributed by atoms with E-state index in [2.05, 4.69) is 10.2 Å². The molecule has 29 heavy (non-hydrogen) atoms. The van der Waals surface area contributed by atoms with E-state index in [0.717, 1.165) is 11.3 Å². The second kappa shape index (κ2) is 7.71. The highest BCUT2D eigenvalue weighted by Crippen LogP contribution is 2.19. The molecular weight excluding hydrogens is 369 g/mol.